The van der Waals surface area contributed by atoms with Gasteiger partial charge < -0.3 is 14.7 Å². The molecule has 0 spiro atoms. The summed E-state index contributed by atoms with van der Waals surface area (Å²) in [6.45, 7) is 8.80. The third-order valence-corrected chi connectivity index (χ3v) is 4.80. The van der Waals surface area contributed by atoms with Gasteiger partial charge in [0.1, 0.15) is 24.3 Å². The van der Waals surface area contributed by atoms with Crippen molar-refractivity contribution < 1.29 is 9.84 Å². The summed E-state index contributed by atoms with van der Waals surface area (Å²) in [5, 5.41) is 10.3. The summed E-state index contributed by atoms with van der Waals surface area (Å²) < 4.78 is 5.81. The first-order valence-corrected chi connectivity index (χ1v) is 8.89. The fraction of sp³-hybridized carbons (Fsp3) is 0.450. The second-order valence-electron chi connectivity index (χ2n) is 6.64. The van der Waals surface area contributed by atoms with Crippen LogP contribution in [0.15, 0.2) is 42.6 Å². The molecule has 1 atom stereocenters. The van der Waals surface area contributed by atoms with Gasteiger partial charge in [0.15, 0.2) is 0 Å². The number of rotatable bonds is 6. The molecule has 3 rings (SSSR count). The number of piperazine rings is 1. The summed E-state index contributed by atoms with van der Waals surface area (Å²) >= 11 is 0. The highest BCUT2D eigenvalue weighted by Crippen LogP contribution is 2.20. The molecule has 1 aromatic carbocycles. The zero-order valence-corrected chi connectivity index (χ0v) is 15.1. The molecule has 1 aromatic heterocycles. The fourth-order valence-electron chi connectivity index (χ4n) is 3.12. The lowest BCUT2D eigenvalue weighted by atomic mass is 10.1. The van der Waals surface area contributed by atoms with Gasteiger partial charge in [-0.05, 0) is 43.2 Å². The number of hydrogen-bond acceptors (Lipinski definition) is 5. The molecule has 1 fully saturated rings. The van der Waals surface area contributed by atoms with Gasteiger partial charge in [-0.15, -0.1) is 0 Å². The van der Waals surface area contributed by atoms with Crippen LogP contribution in [0, 0.1) is 13.8 Å². The van der Waals surface area contributed by atoms with E-state index in [2.05, 4.69) is 27.8 Å². The zero-order chi connectivity index (χ0) is 17.6. The van der Waals surface area contributed by atoms with E-state index < -0.39 is 6.10 Å². The number of pyridine rings is 1. The lowest BCUT2D eigenvalue weighted by Crippen LogP contribution is -2.49. The Morgan fingerprint density at radius 3 is 2.60 bits per heavy atom. The molecule has 2 aromatic rings. The van der Waals surface area contributed by atoms with Crippen molar-refractivity contribution in [2.45, 2.75) is 20.0 Å². The number of β-amino-alcohol motifs (C(OH)–C–C–N with tert-alkyl or cyclic N) is 1. The van der Waals surface area contributed by atoms with E-state index in [1.54, 1.807) is 0 Å². The van der Waals surface area contributed by atoms with E-state index >= 15 is 0 Å². The standard InChI is InChI=1S/C20H27N3O2/c1-16-6-5-7-19(17(16)2)25-15-18(24)14-22-10-12-23(13-11-22)20-8-3-4-9-21-20/h3-9,18,24H,10-15H2,1-2H3/t18-/m1/s1. The summed E-state index contributed by atoms with van der Waals surface area (Å²) in [6.07, 6.45) is 1.34. The number of benzene rings is 1. The van der Waals surface area contributed by atoms with E-state index in [0.29, 0.717) is 13.2 Å². The first kappa shape index (κ1) is 17.7. The van der Waals surface area contributed by atoms with E-state index in [-0.39, 0.29) is 0 Å². The topological polar surface area (TPSA) is 48.8 Å². The summed E-state index contributed by atoms with van der Waals surface area (Å²) in [5.74, 6) is 1.89. The zero-order valence-electron chi connectivity index (χ0n) is 15.1. The van der Waals surface area contributed by atoms with Gasteiger partial charge in [-0.2, -0.15) is 0 Å². The van der Waals surface area contributed by atoms with Crippen molar-refractivity contribution in [1.82, 2.24) is 9.88 Å². The summed E-state index contributed by atoms with van der Waals surface area (Å²) in [7, 11) is 0. The smallest absolute Gasteiger partial charge is 0.128 e. The molecule has 1 aliphatic rings. The SMILES string of the molecule is Cc1cccc(OC[C@H](O)CN2CCN(c3ccccn3)CC2)c1C. The molecule has 25 heavy (non-hydrogen) atoms. The molecule has 1 N–H and O–H groups in total. The Morgan fingerprint density at radius 2 is 1.88 bits per heavy atom. The molecule has 1 saturated heterocycles. The largest absolute Gasteiger partial charge is 0.491 e. The number of anilines is 1. The van der Waals surface area contributed by atoms with Gasteiger partial charge in [-0.3, -0.25) is 4.90 Å². The minimum atomic E-state index is -0.485. The third kappa shape index (κ3) is 4.71. The highest BCUT2D eigenvalue weighted by atomic mass is 16.5. The maximum atomic E-state index is 10.3. The molecule has 2 heterocycles. The molecule has 0 bridgehead atoms. The predicted molar refractivity (Wildman–Crippen MR) is 100 cm³/mol. The van der Waals surface area contributed by atoms with Crippen LogP contribution in [0.1, 0.15) is 11.1 Å². The molecular formula is C20H27N3O2. The van der Waals surface area contributed by atoms with Crippen LogP contribution >= 0.6 is 0 Å². The predicted octanol–water partition coefficient (Wildman–Crippen LogP) is 2.26. The van der Waals surface area contributed by atoms with Crippen LogP contribution in [0.4, 0.5) is 5.82 Å². The normalized spacial score (nSPS) is 16.7. The Kier molecular flexibility index (Phi) is 5.89. The molecule has 5 nitrogen and oxygen atoms in total. The maximum Gasteiger partial charge on any atom is 0.128 e. The Labute approximate surface area is 149 Å². The number of hydrogen-bond donors (Lipinski definition) is 1. The highest BCUT2D eigenvalue weighted by Gasteiger charge is 2.20. The number of ether oxygens (including phenoxy) is 1. The average Bonchev–Trinajstić information content (AvgIpc) is 2.64. The van der Waals surface area contributed by atoms with Crippen LogP contribution in [0.25, 0.3) is 0 Å². The third-order valence-electron chi connectivity index (χ3n) is 4.80. The Morgan fingerprint density at radius 1 is 1.08 bits per heavy atom. The van der Waals surface area contributed by atoms with Crippen LogP contribution in [-0.2, 0) is 0 Å². The van der Waals surface area contributed by atoms with Crippen molar-refractivity contribution >= 4 is 5.82 Å². The van der Waals surface area contributed by atoms with E-state index in [4.69, 9.17) is 4.74 Å². The lowest BCUT2D eigenvalue weighted by Gasteiger charge is -2.36. The summed E-state index contributed by atoms with van der Waals surface area (Å²) in [4.78, 5) is 8.98. The van der Waals surface area contributed by atoms with E-state index in [1.165, 1.54) is 5.56 Å². The summed E-state index contributed by atoms with van der Waals surface area (Å²) in [6, 6.07) is 12.0. The Hall–Kier alpha value is -2.11. The number of aromatic nitrogens is 1. The van der Waals surface area contributed by atoms with Gasteiger partial charge in [0.25, 0.3) is 0 Å². The quantitative estimate of drug-likeness (QED) is 0.873. The van der Waals surface area contributed by atoms with Crippen molar-refractivity contribution in [3.8, 4) is 5.75 Å². The molecule has 0 radical (unpaired) electrons. The van der Waals surface area contributed by atoms with Crippen LogP contribution in [0.3, 0.4) is 0 Å². The molecular weight excluding hydrogens is 314 g/mol. The minimum Gasteiger partial charge on any atom is -0.491 e. The first-order chi connectivity index (χ1) is 12.1. The average molecular weight is 341 g/mol. The maximum absolute atomic E-state index is 10.3. The lowest BCUT2D eigenvalue weighted by molar-refractivity contribution is 0.0660. The van der Waals surface area contributed by atoms with Crippen molar-refractivity contribution in [3.05, 3.63) is 53.7 Å². The fourth-order valence-corrected chi connectivity index (χ4v) is 3.12. The Bertz CT molecular complexity index is 670. The van der Waals surface area contributed by atoms with Crippen LogP contribution in [0.2, 0.25) is 0 Å². The summed E-state index contributed by atoms with van der Waals surface area (Å²) in [5.41, 5.74) is 2.34. The molecule has 0 aliphatic carbocycles. The van der Waals surface area contributed by atoms with E-state index in [9.17, 15) is 5.11 Å². The van der Waals surface area contributed by atoms with Gasteiger partial charge in [0.2, 0.25) is 0 Å². The van der Waals surface area contributed by atoms with Gasteiger partial charge >= 0.3 is 0 Å². The minimum absolute atomic E-state index is 0.324. The van der Waals surface area contributed by atoms with Crippen LogP contribution in [-0.4, -0.2) is 60.4 Å². The van der Waals surface area contributed by atoms with Crippen molar-refractivity contribution in [3.63, 3.8) is 0 Å². The van der Waals surface area contributed by atoms with Gasteiger partial charge in [-0.1, -0.05) is 18.2 Å². The Balaban J connectivity index is 1.43. The molecule has 0 amide bonds. The van der Waals surface area contributed by atoms with E-state index in [0.717, 1.165) is 43.3 Å². The van der Waals surface area contributed by atoms with Crippen LogP contribution < -0.4 is 9.64 Å². The van der Waals surface area contributed by atoms with Gasteiger partial charge in [0, 0.05) is 38.9 Å². The van der Waals surface area contributed by atoms with E-state index in [1.807, 2.05) is 43.5 Å². The second kappa shape index (κ2) is 8.32. The number of aliphatic hydroxyl groups excluding tert-OH is 1. The number of nitrogens with zero attached hydrogens (tertiary/aromatic N) is 3. The molecule has 0 saturated carbocycles. The van der Waals surface area contributed by atoms with Crippen molar-refractivity contribution in [1.29, 1.82) is 0 Å². The molecule has 5 heteroatoms. The van der Waals surface area contributed by atoms with Gasteiger partial charge in [-0.25, -0.2) is 4.98 Å². The first-order valence-electron chi connectivity index (χ1n) is 8.89. The monoisotopic (exact) mass is 341 g/mol. The highest BCUT2D eigenvalue weighted by molar-refractivity contribution is 5.39. The number of aliphatic hydroxyl groups is 1. The van der Waals surface area contributed by atoms with Crippen LogP contribution in [0.5, 0.6) is 5.75 Å². The van der Waals surface area contributed by atoms with Gasteiger partial charge in [0.05, 0.1) is 0 Å². The molecule has 1 aliphatic heterocycles. The molecule has 0 unspecified atom stereocenters. The number of aryl methyl sites for hydroxylation is 1. The molecule has 134 valence electrons. The van der Waals surface area contributed by atoms with Crippen molar-refractivity contribution in [2.24, 2.45) is 0 Å². The second-order valence-corrected chi connectivity index (χ2v) is 6.64. The van der Waals surface area contributed by atoms with Crippen molar-refractivity contribution in [2.75, 3.05) is 44.2 Å².